The summed E-state index contributed by atoms with van der Waals surface area (Å²) in [7, 11) is 1.92. The summed E-state index contributed by atoms with van der Waals surface area (Å²) in [6, 6.07) is 15.5. The first-order valence-electron chi connectivity index (χ1n) is 10.7. The van der Waals surface area contributed by atoms with Crippen molar-refractivity contribution in [3.63, 3.8) is 0 Å². The van der Waals surface area contributed by atoms with Gasteiger partial charge in [0.2, 0.25) is 11.8 Å². The van der Waals surface area contributed by atoms with Gasteiger partial charge in [-0.3, -0.25) is 19.4 Å². The van der Waals surface area contributed by atoms with Gasteiger partial charge in [-0.15, -0.1) is 0 Å². The average molecular weight is 423 g/mol. The van der Waals surface area contributed by atoms with Crippen LogP contribution >= 0.6 is 0 Å². The van der Waals surface area contributed by atoms with Crippen molar-refractivity contribution >= 4 is 28.9 Å². The molecule has 0 saturated carbocycles. The number of nitrogens with one attached hydrogen (secondary N) is 1. The van der Waals surface area contributed by atoms with E-state index in [1.165, 1.54) is 0 Å². The van der Waals surface area contributed by atoms with Crippen molar-refractivity contribution in [1.82, 2.24) is 4.90 Å². The molecule has 2 aliphatic rings. The third kappa shape index (κ3) is 3.97. The van der Waals surface area contributed by atoms with E-state index in [0.717, 1.165) is 30.2 Å². The highest BCUT2D eigenvalue weighted by Crippen LogP contribution is 2.37. The summed E-state index contributed by atoms with van der Waals surface area (Å²) < 4.78 is 6.20. The first kappa shape index (κ1) is 21.2. The third-order valence-corrected chi connectivity index (χ3v) is 5.98. The maximum absolute atomic E-state index is 13.3. The Morgan fingerprint density at radius 3 is 2.58 bits per heavy atom. The molecule has 0 aliphatic carbocycles. The number of hydrogen-bond acceptors (Lipinski definition) is 5. The molecule has 2 aromatic rings. The molecule has 2 aromatic carbocycles. The fraction of sp³-hybridized carbons (Fsp3) is 0.417. The number of nitrogens with zero attached hydrogens (tertiary/aromatic N) is 3. The molecule has 0 saturated heterocycles. The normalized spacial score (nSPS) is 19.4. The van der Waals surface area contributed by atoms with Gasteiger partial charge in [-0.05, 0) is 52.1 Å². The van der Waals surface area contributed by atoms with Gasteiger partial charge in [0.1, 0.15) is 17.4 Å². The van der Waals surface area contributed by atoms with E-state index in [4.69, 9.17) is 4.74 Å². The van der Waals surface area contributed by atoms with Gasteiger partial charge in [-0.25, -0.2) is 0 Å². The molecule has 0 bridgehead atoms. The summed E-state index contributed by atoms with van der Waals surface area (Å²) in [6.45, 7) is 8.15. The van der Waals surface area contributed by atoms with E-state index in [2.05, 4.69) is 23.2 Å². The number of carbonyl (C=O) groups excluding carboxylic acids is 2. The van der Waals surface area contributed by atoms with Crippen LogP contribution in [0.3, 0.4) is 0 Å². The van der Waals surface area contributed by atoms with Crippen molar-refractivity contribution in [2.24, 2.45) is 0 Å². The summed E-state index contributed by atoms with van der Waals surface area (Å²) in [5.41, 5.74) is 1.53. The predicted octanol–water partition coefficient (Wildman–Crippen LogP) is 2.97. The van der Waals surface area contributed by atoms with Gasteiger partial charge in [0, 0.05) is 13.1 Å². The summed E-state index contributed by atoms with van der Waals surface area (Å²) >= 11 is 0. The number of benzene rings is 2. The van der Waals surface area contributed by atoms with Crippen LogP contribution < -0.4 is 19.9 Å². The number of anilines is 3. The number of hydrogen-bond donors (Lipinski definition) is 1. The molecular formula is C24H30N4O3. The molecule has 0 aromatic heterocycles. The lowest BCUT2D eigenvalue weighted by atomic mass is 9.96. The van der Waals surface area contributed by atoms with E-state index in [0.29, 0.717) is 12.2 Å². The lowest BCUT2D eigenvalue weighted by Crippen LogP contribution is -2.60. The van der Waals surface area contributed by atoms with Crippen molar-refractivity contribution < 1.29 is 14.3 Å². The maximum atomic E-state index is 13.3. The highest BCUT2D eigenvalue weighted by Gasteiger charge is 2.43. The van der Waals surface area contributed by atoms with Crippen molar-refractivity contribution in [1.29, 1.82) is 0 Å². The minimum Gasteiger partial charge on any atom is -0.485 e. The quantitative estimate of drug-likeness (QED) is 0.803. The number of fused-ring (bicyclic) bond motifs is 2. The van der Waals surface area contributed by atoms with Crippen molar-refractivity contribution in [2.45, 2.75) is 32.4 Å². The Morgan fingerprint density at radius 2 is 1.84 bits per heavy atom. The number of para-hydroxylation sites is 4. The molecule has 7 nitrogen and oxygen atoms in total. The first-order chi connectivity index (χ1) is 14.8. The molecule has 1 N–H and O–H groups in total. The van der Waals surface area contributed by atoms with Crippen LogP contribution in [0.5, 0.6) is 5.75 Å². The zero-order valence-electron chi connectivity index (χ0n) is 18.6. The Morgan fingerprint density at radius 1 is 1.16 bits per heavy atom. The summed E-state index contributed by atoms with van der Waals surface area (Å²) in [6.07, 6.45) is -0.0439. The number of ether oxygens (including phenoxy) is 1. The van der Waals surface area contributed by atoms with Crippen LogP contribution in [0.4, 0.5) is 17.1 Å². The molecule has 2 heterocycles. The Balaban J connectivity index is 1.47. The summed E-state index contributed by atoms with van der Waals surface area (Å²) in [4.78, 5) is 31.9. The standard InChI is InChI=1S/C24H30N4O3/c1-5-27-15-17(31-21-13-9-8-12-20(21)27)14-26(4)16-22(29)28-19-11-7-6-10-18(19)25-23(30)24(28,2)3/h6-13,17H,5,14-16H2,1-4H3,(H,25,30). The number of carbonyl (C=O) groups is 2. The van der Waals surface area contributed by atoms with E-state index in [9.17, 15) is 9.59 Å². The topological polar surface area (TPSA) is 65.1 Å². The second-order valence-corrected chi connectivity index (χ2v) is 8.70. The molecule has 0 fully saturated rings. The Labute approximate surface area is 183 Å². The number of rotatable bonds is 5. The monoisotopic (exact) mass is 422 g/mol. The van der Waals surface area contributed by atoms with Gasteiger partial charge in [0.05, 0.1) is 30.2 Å². The fourth-order valence-electron chi connectivity index (χ4n) is 4.39. The molecule has 164 valence electrons. The highest BCUT2D eigenvalue weighted by atomic mass is 16.5. The Hall–Kier alpha value is -3.06. The summed E-state index contributed by atoms with van der Waals surface area (Å²) in [5.74, 6) is 0.578. The second kappa shape index (κ2) is 8.23. The first-order valence-corrected chi connectivity index (χ1v) is 10.7. The van der Waals surface area contributed by atoms with Crippen LogP contribution in [0.15, 0.2) is 48.5 Å². The Kier molecular flexibility index (Phi) is 5.62. The molecule has 31 heavy (non-hydrogen) atoms. The van der Waals surface area contributed by atoms with Crippen molar-refractivity contribution in [2.75, 3.05) is 48.3 Å². The van der Waals surface area contributed by atoms with Gasteiger partial charge in [-0.2, -0.15) is 0 Å². The Bertz CT molecular complexity index is 990. The molecule has 1 atom stereocenters. The fourth-order valence-corrected chi connectivity index (χ4v) is 4.39. The van der Waals surface area contributed by atoms with Gasteiger partial charge in [-0.1, -0.05) is 24.3 Å². The molecule has 4 rings (SSSR count). The van der Waals surface area contributed by atoms with E-state index >= 15 is 0 Å². The van der Waals surface area contributed by atoms with Crippen LogP contribution in [-0.2, 0) is 9.59 Å². The molecule has 0 radical (unpaired) electrons. The number of likely N-dealkylation sites (N-methyl/N-ethyl adjacent to an activating group) is 2. The minimum atomic E-state index is -0.967. The number of amides is 2. The molecule has 1 unspecified atom stereocenters. The summed E-state index contributed by atoms with van der Waals surface area (Å²) in [5, 5.41) is 2.90. The molecular weight excluding hydrogens is 392 g/mol. The zero-order chi connectivity index (χ0) is 22.2. The van der Waals surface area contributed by atoms with Crippen LogP contribution in [0, 0.1) is 0 Å². The molecule has 0 spiro atoms. The molecule has 2 aliphatic heterocycles. The minimum absolute atomic E-state index is 0.0439. The SMILES string of the molecule is CCN1CC(CN(C)CC(=O)N2c3ccccc3NC(=O)C2(C)C)Oc2ccccc21. The molecule has 2 amide bonds. The van der Waals surface area contributed by atoms with Crippen LogP contribution in [-0.4, -0.2) is 61.6 Å². The van der Waals surface area contributed by atoms with Crippen LogP contribution in [0.1, 0.15) is 20.8 Å². The van der Waals surface area contributed by atoms with E-state index in [1.54, 1.807) is 18.7 Å². The third-order valence-electron chi connectivity index (χ3n) is 5.98. The largest absolute Gasteiger partial charge is 0.485 e. The van der Waals surface area contributed by atoms with E-state index < -0.39 is 5.54 Å². The van der Waals surface area contributed by atoms with Crippen molar-refractivity contribution in [3.05, 3.63) is 48.5 Å². The smallest absolute Gasteiger partial charge is 0.250 e. The predicted molar refractivity (Wildman–Crippen MR) is 123 cm³/mol. The van der Waals surface area contributed by atoms with Crippen LogP contribution in [0.25, 0.3) is 0 Å². The van der Waals surface area contributed by atoms with Gasteiger partial charge < -0.3 is 15.0 Å². The van der Waals surface area contributed by atoms with Gasteiger partial charge >= 0.3 is 0 Å². The van der Waals surface area contributed by atoms with Crippen LogP contribution in [0.2, 0.25) is 0 Å². The zero-order valence-corrected chi connectivity index (χ0v) is 18.6. The highest BCUT2D eigenvalue weighted by molar-refractivity contribution is 6.14. The lowest BCUT2D eigenvalue weighted by Gasteiger charge is -2.43. The van der Waals surface area contributed by atoms with Gasteiger partial charge in [0.25, 0.3) is 0 Å². The second-order valence-electron chi connectivity index (χ2n) is 8.70. The maximum Gasteiger partial charge on any atom is 0.250 e. The average Bonchev–Trinajstić information content (AvgIpc) is 2.73. The van der Waals surface area contributed by atoms with E-state index in [-0.39, 0.29) is 24.5 Å². The van der Waals surface area contributed by atoms with E-state index in [1.807, 2.05) is 54.4 Å². The van der Waals surface area contributed by atoms with Gasteiger partial charge in [0.15, 0.2) is 0 Å². The molecule has 7 heteroatoms. The van der Waals surface area contributed by atoms with Crippen molar-refractivity contribution in [3.8, 4) is 5.75 Å². The lowest BCUT2D eigenvalue weighted by molar-refractivity contribution is -0.127.